The lowest BCUT2D eigenvalue weighted by Gasteiger charge is -2.25. The predicted molar refractivity (Wildman–Crippen MR) is 160 cm³/mol. The summed E-state index contributed by atoms with van der Waals surface area (Å²) in [5.74, 6) is -0.447. The number of aryl methyl sites for hydroxylation is 1. The Hall–Kier alpha value is -3.50. The summed E-state index contributed by atoms with van der Waals surface area (Å²) in [4.78, 5) is 13.0. The maximum Gasteiger partial charge on any atom is 0.264 e. The lowest BCUT2D eigenvalue weighted by molar-refractivity contribution is -0.119. The van der Waals surface area contributed by atoms with Crippen LogP contribution in [0.3, 0.4) is 0 Å². The maximum atomic E-state index is 13.6. The molecule has 3 aromatic carbocycles. The molecule has 0 fully saturated rings. The Morgan fingerprint density at radius 3 is 2.45 bits per heavy atom. The Kier molecular flexibility index (Phi) is 9.10. The minimum Gasteiger partial charge on any atom is -0.495 e. The van der Waals surface area contributed by atoms with Crippen molar-refractivity contribution in [1.82, 2.24) is 9.99 Å². The standard InChI is InChI=1S/C28H25Cl3N4O4S/c1-18-14-20(19(2)35(18)24-11-7-10-23(30)28(24)31)16-32-33-27(36)17-34(25-15-21(29)12-13-26(25)39-3)40(37,38)22-8-5-4-6-9-22/h4-16H,17H2,1-3H3,(H,33,36)/b32-16+. The van der Waals surface area contributed by atoms with Gasteiger partial charge in [0.2, 0.25) is 0 Å². The van der Waals surface area contributed by atoms with Gasteiger partial charge in [0.15, 0.2) is 0 Å². The van der Waals surface area contributed by atoms with E-state index in [1.807, 2.05) is 30.5 Å². The van der Waals surface area contributed by atoms with Crippen LogP contribution < -0.4 is 14.5 Å². The molecule has 0 aliphatic rings. The maximum absolute atomic E-state index is 13.6. The lowest BCUT2D eigenvalue weighted by Crippen LogP contribution is -2.39. The third-order valence-corrected chi connectivity index (χ3v) is 8.88. The number of halogens is 3. The molecule has 0 saturated carbocycles. The van der Waals surface area contributed by atoms with Gasteiger partial charge in [-0.25, -0.2) is 13.8 Å². The van der Waals surface area contributed by atoms with Gasteiger partial charge in [-0.1, -0.05) is 59.1 Å². The van der Waals surface area contributed by atoms with Gasteiger partial charge in [-0.2, -0.15) is 5.10 Å². The molecule has 4 aromatic rings. The number of amides is 1. The Morgan fingerprint density at radius 2 is 1.75 bits per heavy atom. The molecule has 1 amide bonds. The van der Waals surface area contributed by atoms with E-state index in [1.165, 1.54) is 37.6 Å². The number of sulfonamides is 1. The Labute approximate surface area is 247 Å². The molecule has 1 N–H and O–H groups in total. The summed E-state index contributed by atoms with van der Waals surface area (Å²) in [5, 5.41) is 5.20. The van der Waals surface area contributed by atoms with E-state index in [0.29, 0.717) is 15.7 Å². The van der Waals surface area contributed by atoms with Gasteiger partial charge in [-0.3, -0.25) is 9.10 Å². The van der Waals surface area contributed by atoms with Crippen LogP contribution in [-0.2, 0) is 14.8 Å². The van der Waals surface area contributed by atoms with E-state index in [2.05, 4.69) is 10.5 Å². The number of methoxy groups -OCH3 is 1. The molecule has 0 radical (unpaired) electrons. The van der Waals surface area contributed by atoms with Gasteiger partial charge in [-0.15, -0.1) is 0 Å². The molecule has 40 heavy (non-hydrogen) atoms. The van der Waals surface area contributed by atoms with Gasteiger partial charge in [0.1, 0.15) is 12.3 Å². The summed E-state index contributed by atoms with van der Waals surface area (Å²) in [5.41, 5.74) is 5.66. The largest absolute Gasteiger partial charge is 0.495 e. The molecule has 208 valence electrons. The highest BCUT2D eigenvalue weighted by atomic mass is 35.5. The predicted octanol–water partition coefficient (Wildman–Crippen LogP) is 6.41. The molecule has 4 rings (SSSR count). The van der Waals surface area contributed by atoms with Gasteiger partial charge in [0.25, 0.3) is 15.9 Å². The quantitative estimate of drug-likeness (QED) is 0.173. The second-order valence-electron chi connectivity index (χ2n) is 8.67. The van der Waals surface area contributed by atoms with Crippen LogP contribution in [-0.4, -0.2) is 38.8 Å². The van der Waals surface area contributed by atoms with E-state index in [9.17, 15) is 13.2 Å². The third-order valence-electron chi connectivity index (χ3n) is 6.06. The van der Waals surface area contributed by atoms with E-state index < -0.39 is 22.5 Å². The number of aromatic nitrogens is 1. The lowest BCUT2D eigenvalue weighted by atomic mass is 10.2. The first kappa shape index (κ1) is 29.5. The second-order valence-corrected chi connectivity index (χ2v) is 11.8. The van der Waals surface area contributed by atoms with Crippen molar-refractivity contribution >= 4 is 62.6 Å². The summed E-state index contributed by atoms with van der Waals surface area (Å²) < 4.78 is 35.4. The smallest absolute Gasteiger partial charge is 0.264 e. The summed E-state index contributed by atoms with van der Waals surface area (Å²) in [6.07, 6.45) is 1.48. The molecule has 1 heterocycles. The highest BCUT2D eigenvalue weighted by Crippen LogP contribution is 2.35. The highest BCUT2D eigenvalue weighted by molar-refractivity contribution is 7.92. The molecular formula is C28H25Cl3N4O4S. The molecule has 8 nitrogen and oxygen atoms in total. The van der Waals surface area contributed by atoms with E-state index in [0.717, 1.165) is 21.3 Å². The fourth-order valence-electron chi connectivity index (χ4n) is 4.17. The van der Waals surface area contributed by atoms with Crippen LogP contribution in [0.2, 0.25) is 15.1 Å². The van der Waals surface area contributed by atoms with Crippen molar-refractivity contribution in [3.8, 4) is 11.4 Å². The van der Waals surface area contributed by atoms with Crippen molar-refractivity contribution in [2.45, 2.75) is 18.7 Å². The zero-order valence-electron chi connectivity index (χ0n) is 21.7. The normalized spacial score (nSPS) is 11.6. The molecule has 0 aliphatic carbocycles. The Bertz CT molecular complexity index is 1690. The van der Waals surface area contributed by atoms with Crippen LogP contribution in [0.5, 0.6) is 5.75 Å². The van der Waals surface area contributed by atoms with Gasteiger partial charge in [0, 0.05) is 22.0 Å². The first-order valence-electron chi connectivity index (χ1n) is 11.9. The van der Waals surface area contributed by atoms with Crippen LogP contribution in [0.25, 0.3) is 5.69 Å². The second kappa shape index (κ2) is 12.3. The number of nitrogens with zero attached hydrogens (tertiary/aromatic N) is 3. The topological polar surface area (TPSA) is 93.0 Å². The average Bonchev–Trinajstić information content (AvgIpc) is 3.21. The number of hydrogen-bond acceptors (Lipinski definition) is 5. The number of anilines is 1. The van der Waals surface area contributed by atoms with Crippen LogP contribution in [0.4, 0.5) is 5.69 Å². The van der Waals surface area contributed by atoms with E-state index in [1.54, 1.807) is 36.4 Å². The van der Waals surface area contributed by atoms with Gasteiger partial charge >= 0.3 is 0 Å². The Morgan fingerprint density at radius 1 is 1.02 bits per heavy atom. The van der Waals surface area contributed by atoms with Crippen molar-refractivity contribution in [2.75, 3.05) is 18.0 Å². The highest BCUT2D eigenvalue weighted by Gasteiger charge is 2.29. The summed E-state index contributed by atoms with van der Waals surface area (Å²) in [6.45, 7) is 3.21. The minimum atomic E-state index is -4.17. The van der Waals surface area contributed by atoms with Crippen LogP contribution in [0.1, 0.15) is 17.0 Å². The van der Waals surface area contributed by atoms with Gasteiger partial charge in [-0.05, 0) is 62.4 Å². The first-order valence-corrected chi connectivity index (χ1v) is 14.5. The molecule has 0 aliphatic heterocycles. The number of nitrogens with one attached hydrogen (secondary N) is 1. The SMILES string of the molecule is COc1ccc(Cl)cc1N(CC(=O)N/N=C/c1cc(C)n(-c2cccc(Cl)c2Cl)c1C)S(=O)(=O)c1ccccc1. The van der Waals surface area contributed by atoms with Crippen molar-refractivity contribution in [3.63, 3.8) is 0 Å². The van der Waals surface area contributed by atoms with Crippen molar-refractivity contribution in [2.24, 2.45) is 5.10 Å². The minimum absolute atomic E-state index is 0.000413. The molecule has 0 spiro atoms. The zero-order valence-corrected chi connectivity index (χ0v) is 24.8. The average molecular weight is 620 g/mol. The molecule has 0 atom stereocenters. The number of ether oxygens (including phenoxy) is 1. The molecule has 0 saturated heterocycles. The van der Waals surface area contributed by atoms with Crippen LogP contribution >= 0.6 is 34.8 Å². The first-order chi connectivity index (χ1) is 19.0. The summed E-state index contributed by atoms with van der Waals surface area (Å²) in [7, 11) is -2.77. The molecule has 12 heteroatoms. The number of rotatable bonds is 9. The van der Waals surface area contributed by atoms with Crippen molar-refractivity contribution < 1.29 is 17.9 Å². The van der Waals surface area contributed by atoms with Crippen molar-refractivity contribution in [3.05, 3.63) is 105 Å². The van der Waals surface area contributed by atoms with Crippen molar-refractivity contribution in [1.29, 1.82) is 0 Å². The van der Waals surface area contributed by atoms with E-state index in [4.69, 9.17) is 39.5 Å². The van der Waals surface area contributed by atoms with Crippen LogP contribution in [0.15, 0.2) is 82.8 Å². The number of hydrazone groups is 1. The fraction of sp³-hybridized carbons (Fsp3) is 0.143. The van der Waals surface area contributed by atoms with Gasteiger partial charge < -0.3 is 9.30 Å². The fourth-order valence-corrected chi connectivity index (χ4v) is 6.16. The number of hydrogen-bond donors (Lipinski definition) is 1. The Balaban J connectivity index is 1.61. The number of carbonyl (C=O) groups is 1. The monoisotopic (exact) mass is 618 g/mol. The summed E-state index contributed by atoms with van der Waals surface area (Å²) >= 11 is 18.8. The number of benzene rings is 3. The van der Waals surface area contributed by atoms with Gasteiger partial charge in [0.05, 0.1) is 39.6 Å². The van der Waals surface area contributed by atoms with E-state index >= 15 is 0 Å². The third kappa shape index (κ3) is 6.13. The molecule has 0 bridgehead atoms. The molecule has 1 aromatic heterocycles. The summed E-state index contributed by atoms with van der Waals surface area (Å²) in [6, 6.07) is 19.5. The molecule has 0 unspecified atom stereocenters. The number of carbonyl (C=O) groups excluding carboxylic acids is 1. The van der Waals surface area contributed by atoms with E-state index in [-0.39, 0.29) is 21.4 Å². The zero-order chi connectivity index (χ0) is 29.0. The molecular weight excluding hydrogens is 595 g/mol. The van der Waals surface area contributed by atoms with Crippen LogP contribution in [0, 0.1) is 13.8 Å².